The summed E-state index contributed by atoms with van der Waals surface area (Å²) in [6.45, 7) is 0. The Morgan fingerprint density at radius 2 is 1.26 bits per heavy atom. The lowest BCUT2D eigenvalue weighted by Gasteiger charge is -2.15. The first kappa shape index (κ1) is 23.6. The van der Waals surface area contributed by atoms with Crippen LogP contribution < -0.4 is 18.9 Å². The Morgan fingerprint density at radius 3 is 1.91 bits per heavy atom. The largest absolute Gasteiger partial charge is 0.493 e. The smallest absolute Gasteiger partial charge is 0.161 e. The van der Waals surface area contributed by atoms with Crippen LogP contribution in [0.4, 0.5) is 0 Å². The van der Waals surface area contributed by atoms with E-state index in [1.54, 1.807) is 28.4 Å². The van der Waals surface area contributed by atoms with Crippen LogP contribution in [-0.2, 0) is 0 Å². The Morgan fingerprint density at radius 1 is 0.657 bits per heavy atom. The number of nitrogens with zero attached hydrogens (tertiary/aromatic N) is 1. The van der Waals surface area contributed by atoms with Gasteiger partial charge in [-0.15, -0.1) is 0 Å². The summed E-state index contributed by atoms with van der Waals surface area (Å²) < 4.78 is 26.5. The Hall–Kier alpha value is -3.16. The highest BCUT2D eigenvalue weighted by Crippen LogP contribution is 2.47. The van der Waals surface area contributed by atoms with Crippen LogP contribution in [0.25, 0.3) is 38.5 Å². The summed E-state index contributed by atoms with van der Waals surface area (Å²) in [6, 6.07) is 18.4. The van der Waals surface area contributed by atoms with E-state index in [0.717, 1.165) is 47.5 Å². The predicted octanol–water partition coefficient (Wildman–Crippen LogP) is 7.99. The van der Waals surface area contributed by atoms with Gasteiger partial charge < -0.3 is 23.3 Å². The van der Waals surface area contributed by atoms with E-state index in [4.69, 9.17) is 18.9 Å². The van der Waals surface area contributed by atoms with Crippen molar-refractivity contribution in [3.63, 3.8) is 0 Å². The Balaban J connectivity index is 1.94. The van der Waals surface area contributed by atoms with E-state index in [-0.39, 0.29) is 0 Å². The van der Waals surface area contributed by atoms with Crippen molar-refractivity contribution in [1.29, 1.82) is 0 Å². The second kappa shape index (κ2) is 9.47. The summed E-state index contributed by atoms with van der Waals surface area (Å²) in [4.78, 5) is 0. The molecule has 0 saturated heterocycles. The van der Waals surface area contributed by atoms with Crippen molar-refractivity contribution in [3.05, 3.63) is 75.9 Å². The van der Waals surface area contributed by atoms with Gasteiger partial charge in [0.05, 0.1) is 34.0 Å². The normalized spacial score (nSPS) is 11.1. The van der Waals surface area contributed by atoms with Gasteiger partial charge in [-0.1, -0.05) is 44.0 Å². The molecule has 2 aromatic heterocycles. The van der Waals surface area contributed by atoms with Crippen LogP contribution in [0.3, 0.4) is 0 Å². The van der Waals surface area contributed by atoms with Gasteiger partial charge in [0, 0.05) is 43.4 Å². The molecule has 0 atom stereocenters. The summed E-state index contributed by atoms with van der Waals surface area (Å²) in [5, 5.41) is 2.10. The summed E-state index contributed by atoms with van der Waals surface area (Å²) in [7, 11) is 6.59. The van der Waals surface area contributed by atoms with Gasteiger partial charge in [-0.05, 0) is 53.4 Å². The second-order valence-electron chi connectivity index (χ2n) is 7.98. The molecule has 7 heteroatoms. The van der Waals surface area contributed by atoms with Crippen molar-refractivity contribution in [2.45, 2.75) is 0 Å². The van der Waals surface area contributed by atoms with Crippen LogP contribution in [0.2, 0.25) is 0 Å². The number of ether oxygens (including phenoxy) is 4. The van der Waals surface area contributed by atoms with E-state index in [9.17, 15) is 0 Å². The topological polar surface area (TPSA) is 41.3 Å². The lowest BCUT2D eigenvalue weighted by Crippen LogP contribution is -1.94. The number of aromatic nitrogens is 1. The number of halogens is 2. The number of hydrogen-bond donors (Lipinski definition) is 0. The van der Waals surface area contributed by atoms with E-state index in [1.165, 1.54) is 0 Å². The molecule has 0 unspecified atom stereocenters. The van der Waals surface area contributed by atoms with Crippen molar-refractivity contribution >= 4 is 48.1 Å². The SMILES string of the molecule is COc1cc(Br)c(-c2c(-c3ccc(Br)cc3)cn3ccc4cc(OC)c(OC)cc4c23)cc1OC. The number of methoxy groups -OCH3 is 4. The van der Waals surface area contributed by atoms with E-state index in [2.05, 4.69) is 79.0 Å². The highest BCUT2D eigenvalue weighted by Gasteiger charge is 2.22. The zero-order chi connectivity index (χ0) is 24.7. The molecule has 178 valence electrons. The third-order valence-electron chi connectivity index (χ3n) is 6.16. The summed E-state index contributed by atoms with van der Waals surface area (Å²) in [6.07, 6.45) is 4.23. The minimum Gasteiger partial charge on any atom is -0.493 e. The molecular weight excluding hydrogens is 574 g/mol. The molecule has 0 bridgehead atoms. The fraction of sp³-hybridized carbons (Fsp3) is 0.143. The maximum absolute atomic E-state index is 5.66. The summed E-state index contributed by atoms with van der Waals surface area (Å²) >= 11 is 7.35. The van der Waals surface area contributed by atoms with Gasteiger partial charge in [0.25, 0.3) is 0 Å². The molecule has 5 nitrogen and oxygen atoms in total. The summed E-state index contributed by atoms with van der Waals surface area (Å²) in [5.41, 5.74) is 5.30. The Kier molecular flexibility index (Phi) is 6.38. The van der Waals surface area contributed by atoms with Crippen molar-refractivity contribution in [2.24, 2.45) is 0 Å². The van der Waals surface area contributed by atoms with Crippen LogP contribution in [0.5, 0.6) is 23.0 Å². The number of pyridine rings is 1. The second-order valence-corrected chi connectivity index (χ2v) is 9.75. The van der Waals surface area contributed by atoms with E-state index >= 15 is 0 Å². The lowest BCUT2D eigenvalue weighted by molar-refractivity contribution is 0.355. The standard InChI is InChI=1S/C28H23Br2NO4/c1-32-23-11-17-9-10-31-15-21(16-5-7-18(29)8-6-16)27(28(31)19(17)12-24(23)33-2)20-13-25(34-3)26(35-4)14-22(20)30/h5-15H,1-4H3. The van der Waals surface area contributed by atoms with E-state index in [1.807, 2.05) is 24.3 Å². The highest BCUT2D eigenvalue weighted by molar-refractivity contribution is 9.10. The minimum atomic E-state index is 0.659. The van der Waals surface area contributed by atoms with Crippen LogP contribution in [0.1, 0.15) is 0 Å². The third-order valence-corrected chi connectivity index (χ3v) is 7.34. The average Bonchev–Trinajstić information content (AvgIpc) is 3.27. The Labute approximate surface area is 220 Å². The molecule has 0 aliphatic carbocycles. The quantitative estimate of drug-likeness (QED) is 0.199. The molecule has 35 heavy (non-hydrogen) atoms. The number of hydrogen-bond acceptors (Lipinski definition) is 4. The van der Waals surface area contributed by atoms with Crippen LogP contribution >= 0.6 is 31.9 Å². The van der Waals surface area contributed by atoms with Crippen molar-refractivity contribution in [3.8, 4) is 45.3 Å². The first-order chi connectivity index (χ1) is 17.0. The van der Waals surface area contributed by atoms with Crippen molar-refractivity contribution in [1.82, 2.24) is 4.40 Å². The first-order valence-corrected chi connectivity index (χ1v) is 12.4. The van der Waals surface area contributed by atoms with Crippen LogP contribution in [0, 0.1) is 0 Å². The van der Waals surface area contributed by atoms with Gasteiger partial charge in [-0.25, -0.2) is 0 Å². The molecule has 0 amide bonds. The van der Waals surface area contributed by atoms with Gasteiger partial charge in [-0.2, -0.15) is 0 Å². The monoisotopic (exact) mass is 595 g/mol. The average molecular weight is 597 g/mol. The first-order valence-electron chi connectivity index (χ1n) is 10.9. The molecule has 0 N–H and O–H groups in total. The maximum Gasteiger partial charge on any atom is 0.161 e. The van der Waals surface area contributed by atoms with E-state index in [0.29, 0.717) is 23.0 Å². The lowest BCUT2D eigenvalue weighted by atomic mass is 9.95. The molecule has 5 aromatic rings. The van der Waals surface area contributed by atoms with E-state index < -0.39 is 0 Å². The molecule has 2 heterocycles. The fourth-order valence-corrected chi connectivity index (χ4v) is 5.27. The van der Waals surface area contributed by atoms with Gasteiger partial charge >= 0.3 is 0 Å². The zero-order valence-corrected chi connectivity index (χ0v) is 22.9. The van der Waals surface area contributed by atoms with Crippen molar-refractivity contribution < 1.29 is 18.9 Å². The fourth-order valence-electron chi connectivity index (χ4n) is 4.48. The molecule has 0 radical (unpaired) electrons. The molecular formula is C28H23Br2NO4. The molecule has 0 saturated carbocycles. The minimum absolute atomic E-state index is 0.659. The number of fused-ring (bicyclic) bond motifs is 3. The summed E-state index contributed by atoms with van der Waals surface area (Å²) in [5.74, 6) is 2.69. The maximum atomic E-state index is 5.66. The molecule has 0 spiro atoms. The van der Waals surface area contributed by atoms with Gasteiger partial charge in [0.2, 0.25) is 0 Å². The van der Waals surface area contributed by atoms with Crippen LogP contribution in [-0.4, -0.2) is 32.8 Å². The molecule has 0 fully saturated rings. The molecule has 0 aliphatic heterocycles. The van der Waals surface area contributed by atoms with Gasteiger partial charge in [0.1, 0.15) is 0 Å². The molecule has 3 aromatic carbocycles. The van der Waals surface area contributed by atoms with Crippen LogP contribution in [0.15, 0.2) is 75.9 Å². The number of benzene rings is 3. The molecule has 5 rings (SSSR count). The zero-order valence-electron chi connectivity index (χ0n) is 19.7. The highest BCUT2D eigenvalue weighted by atomic mass is 79.9. The number of rotatable bonds is 6. The molecule has 0 aliphatic rings. The van der Waals surface area contributed by atoms with Gasteiger partial charge in [0.15, 0.2) is 23.0 Å². The van der Waals surface area contributed by atoms with Gasteiger partial charge in [-0.3, -0.25) is 0 Å². The predicted molar refractivity (Wildman–Crippen MR) is 147 cm³/mol. The Bertz CT molecular complexity index is 1560. The third kappa shape index (κ3) is 4.02. The van der Waals surface area contributed by atoms with Crippen molar-refractivity contribution in [2.75, 3.05) is 28.4 Å².